The van der Waals surface area contributed by atoms with Gasteiger partial charge in [0.15, 0.2) is 5.69 Å². The number of H-pyrrole nitrogens is 1. The lowest BCUT2D eigenvalue weighted by molar-refractivity contribution is -0.137. The van der Waals surface area contributed by atoms with E-state index in [1.54, 1.807) is 6.20 Å². The Labute approximate surface area is 200 Å². The van der Waals surface area contributed by atoms with Crippen molar-refractivity contribution in [2.75, 3.05) is 25.0 Å². The zero-order valence-corrected chi connectivity index (χ0v) is 19.2. The van der Waals surface area contributed by atoms with Crippen LogP contribution in [0.3, 0.4) is 0 Å². The molecule has 2 aromatic heterocycles. The highest BCUT2D eigenvalue weighted by molar-refractivity contribution is 6.11. The number of alkyl halides is 3. The minimum Gasteiger partial charge on any atom is -0.305 e. The SMILES string of the molecule is C=N/C=C(\C=C(/C)c1ccc2[nH]nc(C(=O)Nc3ccc(C(F)(F)F)cn3)c2c1)CN1CCCC1. The Hall–Kier alpha value is -3.79. The molecule has 10 heteroatoms. The van der Waals surface area contributed by atoms with Crippen molar-refractivity contribution in [3.05, 3.63) is 71.2 Å². The van der Waals surface area contributed by atoms with E-state index in [4.69, 9.17) is 0 Å². The van der Waals surface area contributed by atoms with Gasteiger partial charge in [-0.3, -0.25) is 19.8 Å². The first-order chi connectivity index (χ1) is 16.7. The van der Waals surface area contributed by atoms with Crippen LogP contribution in [0.4, 0.5) is 19.0 Å². The van der Waals surface area contributed by atoms with E-state index in [1.165, 1.54) is 12.8 Å². The Morgan fingerprint density at radius 3 is 2.69 bits per heavy atom. The normalized spacial score (nSPS) is 15.5. The maximum atomic E-state index is 12.8. The third-order valence-corrected chi connectivity index (χ3v) is 5.83. The summed E-state index contributed by atoms with van der Waals surface area (Å²) in [6.45, 7) is 8.48. The molecular formula is C25H25F3N6O. The van der Waals surface area contributed by atoms with Crippen molar-refractivity contribution in [2.45, 2.75) is 25.9 Å². The summed E-state index contributed by atoms with van der Waals surface area (Å²) < 4.78 is 38.2. The Morgan fingerprint density at radius 2 is 2.03 bits per heavy atom. The van der Waals surface area contributed by atoms with E-state index in [0.29, 0.717) is 17.1 Å². The molecule has 3 heterocycles. The van der Waals surface area contributed by atoms with Gasteiger partial charge in [-0.05, 0) is 80.5 Å². The van der Waals surface area contributed by atoms with Gasteiger partial charge in [-0.25, -0.2) is 4.98 Å². The summed E-state index contributed by atoms with van der Waals surface area (Å²) in [7, 11) is 0. The Morgan fingerprint density at radius 1 is 1.26 bits per heavy atom. The molecule has 0 atom stereocenters. The van der Waals surface area contributed by atoms with Crippen LogP contribution >= 0.6 is 0 Å². The number of fused-ring (bicyclic) bond motifs is 1. The largest absolute Gasteiger partial charge is 0.417 e. The van der Waals surface area contributed by atoms with Crippen LogP contribution in [0, 0.1) is 0 Å². The van der Waals surface area contributed by atoms with E-state index >= 15 is 0 Å². The van der Waals surface area contributed by atoms with Gasteiger partial charge < -0.3 is 5.32 Å². The number of likely N-dealkylation sites (tertiary alicyclic amines) is 1. The van der Waals surface area contributed by atoms with Crippen molar-refractivity contribution in [3.63, 3.8) is 0 Å². The van der Waals surface area contributed by atoms with Crippen LogP contribution in [0.2, 0.25) is 0 Å². The number of amides is 1. The second kappa shape index (κ2) is 10.2. The van der Waals surface area contributed by atoms with E-state index in [9.17, 15) is 18.0 Å². The van der Waals surface area contributed by atoms with Gasteiger partial charge in [-0.1, -0.05) is 12.1 Å². The molecule has 0 spiro atoms. The van der Waals surface area contributed by atoms with Gasteiger partial charge in [-0.2, -0.15) is 18.3 Å². The molecule has 4 rings (SSSR count). The number of aliphatic imine (C=N–C) groups is 1. The number of benzene rings is 1. The summed E-state index contributed by atoms with van der Waals surface area (Å²) in [6.07, 6.45) is 2.38. The third kappa shape index (κ3) is 5.83. The van der Waals surface area contributed by atoms with Gasteiger partial charge in [0.05, 0.1) is 11.1 Å². The number of anilines is 1. The number of allylic oxidation sites excluding steroid dienone is 1. The quantitative estimate of drug-likeness (QED) is 0.353. The molecule has 3 aromatic rings. The zero-order valence-electron chi connectivity index (χ0n) is 19.2. The topological polar surface area (TPSA) is 86.3 Å². The summed E-state index contributed by atoms with van der Waals surface area (Å²) in [6, 6.07) is 7.59. The number of hydrogen-bond acceptors (Lipinski definition) is 5. The lowest BCUT2D eigenvalue weighted by Crippen LogP contribution is -2.21. The van der Waals surface area contributed by atoms with Gasteiger partial charge >= 0.3 is 6.18 Å². The molecule has 2 N–H and O–H groups in total. The number of aromatic nitrogens is 3. The van der Waals surface area contributed by atoms with Gasteiger partial charge in [-0.15, -0.1) is 0 Å². The first-order valence-electron chi connectivity index (χ1n) is 11.1. The van der Waals surface area contributed by atoms with Crippen molar-refractivity contribution in [2.24, 2.45) is 4.99 Å². The number of carbonyl (C=O) groups is 1. The monoisotopic (exact) mass is 482 g/mol. The predicted molar refractivity (Wildman–Crippen MR) is 130 cm³/mol. The van der Waals surface area contributed by atoms with Crippen LogP contribution in [0.1, 0.15) is 41.4 Å². The van der Waals surface area contributed by atoms with Crippen molar-refractivity contribution in [3.8, 4) is 0 Å². The van der Waals surface area contributed by atoms with Crippen molar-refractivity contribution < 1.29 is 18.0 Å². The van der Waals surface area contributed by atoms with E-state index in [-0.39, 0.29) is 11.5 Å². The molecular weight excluding hydrogens is 457 g/mol. The lowest BCUT2D eigenvalue weighted by Gasteiger charge is -2.15. The summed E-state index contributed by atoms with van der Waals surface area (Å²) in [5.74, 6) is -0.576. The Bertz CT molecular complexity index is 1280. The summed E-state index contributed by atoms with van der Waals surface area (Å²) >= 11 is 0. The highest BCUT2D eigenvalue weighted by Gasteiger charge is 2.30. The van der Waals surface area contributed by atoms with Crippen LogP contribution in [0.15, 0.2) is 59.4 Å². The van der Waals surface area contributed by atoms with Crippen LogP contribution in [-0.4, -0.2) is 52.3 Å². The molecule has 1 saturated heterocycles. The van der Waals surface area contributed by atoms with E-state index < -0.39 is 17.6 Å². The van der Waals surface area contributed by atoms with E-state index in [1.807, 2.05) is 25.1 Å². The van der Waals surface area contributed by atoms with Crippen LogP contribution < -0.4 is 5.32 Å². The van der Waals surface area contributed by atoms with Crippen LogP contribution in [0.5, 0.6) is 0 Å². The molecule has 0 saturated carbocycles. The minimum absolute atomic E-state index is 0.00000206. The number of hydrogen-bond donors (Lipinski definition) is 2. The number of nitrogens with zero attached hydrogens (tertiary/aromatic N) is 4. The number of rotatable bonds is 7. The maximum Gasteiger partial charge on any atom is 0.417 e. The molecule has 7 nitrogen and oxygen atoms in total. The Kier molecular flexibility index (Phi) is 7.11. The fourth-order valence-electron chi connectivity index (χ4n) is 4.04. The van der Waals surface area contributed by atoms with E-state index in [2.05, 4.69) is 43.2 Å². The average Bonchev–Trinajstić information content (AvgIpc) is 3.48. The fourth-order valence-corrected chi connectivity index (χ4v) is 4.04. The minimum atomic E-state index is -4.50. The number of carbonyl (C=O) groups excluding carboxylic acids is 1. The second-order valence-electron chi connectivity index (χ2n) is 8.41. The first kappa shape index (κ1) is 24.3. The smallest absolute Gasteiger partial charge is 0.305 e. The highest BCUT2D eigenvalue weighted by Crippen LogP contribution is 2.29. The van der Waals surface area contributed by atoms with Crippen LogP contribution in [-0.2, 0) is 6.18 Å². The molecule has 1 aromatic carbocycles. The standard InChI is InChI=1S/C25H25F3N6O/c1-16(11-17(13-29-2)15-34-9-3-4-10-34)18-5-7-21-20(12-18)23(33-32-21)24(35)31-22-8-6-19(14-30-22)25(26,27)28/h5-8,11-14H,2-4,9-10,15H2,1H3,(H,32,33)(H,30,31,35)/b16-11+,17-13+. The molecule has 1 aliphatic heterocycles. The second-order valence-corrected chi connectivity index (χ2v) is 8.41. The lowest BCUT2D eigenvalue weighted by atomic mass is 10.0. The predicted octanol–water partition coefficient (Wildman–Crippen LogP) is 5.31. The number of halogens is 3. The summed E-state index contributed by atoms with van der Waals surface area (Å²) in [5, 5.41) is 10.0. The van der Waals surface area contributed by atoms with Gasteiger partial charge in [0.1, 0.15) is 5.82 Å². The van der Waals surface area contributed by atoms with Crippen molar-refractivity contribution in [1.29, 1.82) is 0 Å². The fraction of sp³-hybridized carbons (Fsp3) is 0.280. The molecule has 0 aliphatic carbocycles. The van der Waals surface area contributed by atoms with Gasteiger partial charge in [0, 0.05) is 24.3 Å². The number of pyridine rings is 1. The van der Waals surface area contributed by atoms with Crippen molar-refractivity contribution in [1.82, 2.24) is 20.1 Å². The molecule has 0 radical (unpaired) electrons. The third-order valence-electron chi connectivity index (χ3n) is 5.83. The molecule has 1 aliphatic rings. The highest BCUT2D eigenvalue weighted by atomic mass is 19.4. The molecule has 1 fully saturated rings. The average molecular weight is 483 g/mol. The molecule has 1 amide bonds. The first-order valence-corrected chi connectivity index (χ1v) is 11.1. The number of nitrogens with one attached hydrogen (secondary N) is 2. The van der Waals surface area contributed by atoms with Crippen LogP contribution in [0.25, 0.3) is 16.5 Å². The van der Waals surface area contributed by atoms with Gasteiger partial charge in [0.25, 0.3) is 5.91 Å². The van der Waals surface area contributed by atoms with Gasteiger partial charge in [0.2, 0.25) is 0 Å². The molecule has 182 valence electrons. The summed E-state index contributed by atoms with van der Waals surface area (Å²) in [4.78, 5) is 22.8. The molecule has 0 bridgehead atoms. The summed E-state index contributed by atoms with van der Waals surface area (Å²) in [5.41, 5.74) is 2.81. The van der Waals surface area contributed by atoms with E-state index in [0.717, 1.165) is 48.5 Å². The zero-order chi connectivity index (χ0) is 25.0. The number of aromatic amines is 1. The Balaban J connectivity index is 1.55. The maximum absolute atomic E-state index is 12.8. The molecule has 35 heavy (non-hydrogen) atoms. The molecule has 0 unspecified atom stereocenters. The van der Waals surface area contributed by atoms with Crippen molar-refractivity contribution >= 4 is 34.9 Å².